The van der Waals surface area contributed by atoms with Crippen LogP contribution in [-0.4, -0.2) is 23.9 Å². The van der Waals surface area contributed by atoms with Crippen molar-refractivity contribution in [3.8, 4) is 0 Å². The van der Waals surface area contributed by atoms with E-state index >= 15 is 0 Å². The summed E-state index contributed by atoms with van der Waals surface area (Å²) in [5.41, 5.74) is 0. The molecule has 0 aromatic rings. The molecule has 88 valence electrons. The number of carbonyl (C=O) groups excluding carboxylic acids is 1. The van der Waals surface area contributed by atoms with Crippen LogP contribution in [0.25, 0.3) is 0 Å². The van der Waals surface area contributed by atoms with Crippen molar-refractivity contribution < 1.29 is 4.79 Å². The number of hydrogen-bond acceptors (Lipinski definition) is 1. The maximum Gasteiger partial charge on any atom is 0.225 e. The first-order valence-electron chi connectivity index (χ1n) is 6.58. The van der Waals surface area contributed by atoms with Crippen LogP contribution >= 0.6 is 0 Å². The molecule has 0 spiro atoms. The second-order valence-electron chi connectivity index (χ2n) is 4.63. The van der Waals surface area contributed by atoms with E-state index in [0.717, 1.165) is 25.9 Å². The van der Waals surface area contributed by atoms with Crippen molar-refractivity contribution in [2.75, 3.05) is 13.1 Å². The van der Waals surface area contributed by atoms with Gasteiger partial charge >= 0.3 is 0 Å². The number of hydrogen-bond donors (Lipinski definition) is 0. The SMILES string of the molecule is CCCCCC(CC)C(=O)N1CCCC1. The van der Waals surface area contributed by atoms with Crippen LogP contribution in [0.2, 0.25) is 0 Å². The summed E-state index contributed by atoms with van der Waals surface area (Å²) in [6.07, 6.45) is 8.25. The van der Waals surface area contributed by atoms with Gasteiger partial charge in [-0.3, -0.25) is 4.79 Å². The minimum Gasteiger partial charge on any atom is -0.342 e. The molecule has 0 aromatic heterocycles. The van der Waals surface area contributed by atoms with Crippen LogP contribution in [0.1, 0.15) is 58.8 Å². The van der Waals surface area contributed by atoms with E-state index in [0.29, 0.717) is 11.8 Å². The normalized spacial score (nSPS) is 18.1. The van der Waals surface area contributed by atoms with Crippen LogP contribution in [0.15, 0.2) is 0 Å². The average molecular weight is 211 g/mol. The summed E-state index contributed by atoms with van der Waals surface area (Å²) < 4.78 is 0. The van der Waals surface area contributed by atoms with Crippen molar-refractivity contribution in [3.63, 3.8) is 0 Å². The Morgan fingerprint density at radius 3 is 2.40 bits per heavy atom. The van der Waals surface area contributed by atoms with E-state index in [-0.39, 0.29) is 0 Å². The molecule has 0 aliphatic carbocycles. The zero-order chi connectivity index (χ0) is 11.1. The van der Waals surface area contributed by atoms with Gasteiger partial charge in [0.2, 0.25) is 5.91 Å². The third-order valence-electron chi connectivity index (χ3n) is 3.42. The van der Waals surface area contributed by atoms with Crippen LogP contribution in [0, 0.1) is 5.92 Å². The average Bonchev–Trinajstić information content (AvgIpc) is 2.77. The second kappa shape index (κ2) is 6.86. The molecule has 1 amide bonds. The summed E-state index contributed by atoms with van der Waals surface area (Å²) >= 11 is 0. The first-order valence-corrected chi connectivity index (χ1v) is 6.58. The molecule has 0 radical (unpaired) electrons. The Morgan fingerprint density at radius 2 is 1.87 bits per heavy atom. The van der Waals surface area contributed by atoms with E-state index in [1.54, 1.807) is 0 Å². The maximum absolute atomic E-state index is 12.1. The molecular weight excluding hydrogens is 186 g/mol. The Balaban J connectivity index is 2.32. The molecule has 1 aliphatic rings. The third-order valence-corrected chi connectivity index (χ3v) is 3.42. The standard InChI is InChI=1S/C13H25NO/c1-3-5-6-9-12(4-2)13(15)14-10-7-8-11-14/h12H,3-11H2,1-2H3. The summed E-state index contributed by atoms with van der Waals surface area (Å²) in [6, 6.07) is 0. The van der Waals surface area contributed by atoms with Gasteiger partial charge in [0.1, 0.15) is 0 Å². The van der Waals surface area contributed by atoms with Crippen LogP contribution < -0.4 is 0 Å². The minimum atomic E-state index is 0.301. The predicted molar refractivity (Wildman–Crippen MR) is 63.7 cm³/mol. The predicted octanol–water partition coefficient (Wildman–Crippen LogP) is 3.22. The quantitative estimate of drug-likeness (QED) is 0.618. The molecule has 1 aliphatic heterocycles. The van der Waals surface area contributed by atoms with E-state index in [4.69, 9.17) is 0 Å². The van der Waals surface area contributed by atoms with E-state index in [2.05, 4.69) is 18.7 Å². The Morgan fingerprint density at radius 1 is 1.20 bits per heavy atom. The smallest absolute Gasteiger partial charge is 0.225 e. The summed E-state index contributed by atoms with van der Waals surface area (Å²) in [7, 11) is 0. The Kier molecular flexibility index (Phi) is 5.74. The molecule has 1 fully saturated rings. The fourth-order valence-electron chi connectivity index (χ4n) is 2.34. The van der Waals surface area contributed by atoms with E-state index < -0.39 is 0 Å². The van der Waals surface area contributed by atoms with Gasteiger partial charge in [-0.1, -0.05) is 33.1 Å². The number of likely N-dealkylation sites (tertiary alicyclic amines) is 1. The van der Waals surface area contributed by atoms with Crippen LogP contribution in [0.3, 0.4) is 0 Å². The number of rotatable bonds is 6. The largest absolute Gasteiger partial charge is 0.342 e. The lowest BCUT2D eigenvalue weighted by Gasteiger charge is -2.22. The Bertz CT molecular complexity index is 185. The molecular formula is C13H25NO. The van der Waals surface area contributed by atoms with Gasteiger partial charge in [-0.2, -0.15) is 0 Å². The molecule has 1 atom stereocenters. The van der Waals surface area contributed by atoms with E-state index in [1.165, 1.54) is 32.1 Å². The molecule has 0 bridgehead atoms. The van der Waals surface area contributed by atoms with Crippen LogP contribution in [0.5, 0.6) is 0 Å². The second-order valence-corrected chi connectivity index (χ2v) is 4.63. The molecule has 2 nitrogen and oxygen atoms in total. The summed E-state index contributed by atoms with van der Waals surface area (Å²) in [6.45, 7) is 6.36. The van der Waals surface area contributed by atoms with Crippen molar-refractivity contribution in [2.24, 2.45) is 5.92 Å². The van der Waals surface area contributed by atoms with Gasteiger partial charge in [0.15, 0.2) is 0 Å². The first kappa shape index (κ1) is 12.5. The van der Waals surface area contributed by atoms with Gasteiger partial charge < -0.3 is 4.90 Å². The molecule has 15 heavy (non-hydrogen) atoms. The summed E-state index contributed by atoms with van der Waals surface area (Å²) in [5.74, 6) is 0.723. The molecule has 2 heteroatoms. The van der Waals surface area contributed by atoms with Gasteiger partial charge in [0.25, 0.3) is 0 Å². The monoisotopic (exact) mass is 211 g/mol. The molecule has 0 N–H and O–H groups in total. The zero-order valence-electron chi connectivity index (χ0n) is 10.3. The Hall–Kier alpha value is -0.530. The van der Waals surface area contributed by atoms with Crippen molar-refractivity contribution in [2.45, 2.75) is 58.8 Å². The molecule has 1 unspecified atom stereocenters. The number of unbranched alkanes of at least 4 members (excludes halogenated alkanes) is 2. The summed E-state index contributed by atoms with van der Waals surface area (Å²) in [4.78, 5) is 14.2. The topological polar surface area (TPSA) is 20.3 Å². The fraction of sp³-hybridized carbons (Fsp3) is 0.923. The minimum absolute atomic E-state index is 0.301. The number of carbonyl (C=O) groups is 1. The zero-order valence-corrected chi connectivity index (χ0v) is 10.3. The lowest BCUT2D eigenvalue weighted by atomic mass is 9.97. The van der Waals surface area contributed by atoms with Gasteiger partial charge in [0.05, 0.1) is 0 Å². The summed E-state index contributed by atoms with van der Waals surface area (Å²) in [5, 5.41) is 0. The number of amides is 1. The van der Waals surface area contributed by atoms with Crippen LogP contribution in [-0.2, 0) is 4.79 Å². The highest BCUT2D eigenvalue weighted by molar-refractivity contribution is 5.79. The van der Waals surface area contributed by atoms with Crippen molar-refractivity contribution in [1.82, 2.24) is 4.90 Å². The van der Waals surface area contributed by atoms with Crippen molar-refractivity contribution >= 4 is 5.91 Å². The first-order chi connectivity index (χ1) is 7.29. The highest BCUT2D eigenvalue weighted by Crippen LogP contribution is 2.19. The highest BCUT2D eigenvalue weighted by Gasteiger charge is 2.24. The van der Waals surface area contributed by atoms with Gasteiger partial charge in [-0.05, 0) is 25.7 Å². The lowest BCUT2D eigenvalue weighted by Crippen LogP contribution is -2.33. The van der Waals surface area contributed by atoms with Crippen LogP contribution in [0.4, 0.5) is 0 Å². The molecule has 0 aromatic carbocycles. The lowest BCUT2D eigenvalue weighted by molar-refractivity contribution is -0.134. The maximum atomic E-state index is 12.1. The molecule has 1 heterocycles. The van der Waals surface area contributed by atoms with E-state index in [1.807, 2.05) is 0 Å². The highest BCUT2D eigenvalue weighted by atomic mass is 16.2. The third kappa shape index (κ3) is 3.84. The van der Waals surface area contributed by atoms with E-state index in [9.17, 15) is 4.79 Å². The molecule has 1 saturated heterocycles. The van der Waals surface area contributed by atoms with Gasteiger partial charge in [0, 0.05) is 19.0 Å². The van der Waals surface area contributed by atoms with Crippen molar-refractivity contribution in [3.05, 3.63) is 0 Å². The number of nitrogens with zero attached hydrogens (tertiary/aromatic N) is 1. The molecule has 1 rings (SSSR count). The molecule has 0 saturated carbocycles. The van der Waals surface area contributed by atoms with Crippen molar-refractivity contribution in [1.29, 1.82) is 0 Å². The Labute approximate surface area is 94.0 Å². The van der Waals surface area contributed by atoms with Gasteiger partial charge in [-0.25, -0.2) is 0 Å². The fourth-order valence-corrected chi connectivity index (χ4v) is 2.34. The van der Waals surface area contributed by atoms with Gasteiger partial charge in [-0.15, -0.1) is 0 Å².